The first-order valence-electron chi connectivity index (χ1n) is 6.98. The number of halogens is 2. The van der Waals surface area contributed by atoms with Crippen molar-refractivity contribution in [2.24, 2.45) is 5.92 Å². The molecule has 118 valence electrons. The van der Waals surface area contributed by atoms with E-state index in [1.165, 1.54) is 0 Å². The Hall–Kier alpha value is -2.07. The Balaban J connectivity index is 2.23. The molecule has 0 bridgehead atoms. The number of nitrogens with zero attached hydrogens (tertiary/aromatic N) is 2. The Kier molecular flexibility index (Phi) is 5.03. The third kappa shape index (κ3) is 3.77. The number of hydrogen-bond donors (Lipinski definition) is 3. The van der Waals surface area contributed by atoms with E-state index in [4.69, 9.17) is 22.0 Å². The topological polar surface area (TPSA) is 98.0 Å². The molecule has 0 saturated heterocycles. The molecule has 0 aromatic carbocycles. The highest BCUT2D eigenvalue weighted by Crippen LogP contribution is 2.36. The molecule has 0 aliphatic heterocycles. The van der Waals surface area contributed by atoms with Crippen molar-refractivity contribution >= 4 is 23.5 Å². The monoisotopic (exact) mass is 326 g/mol. The number of aromatic nitrogens is 1. The summed E-state index contributed by atoms with van der Waals surface area (Å²) in [5, 5.41) is 23.0. The fourth-order valence-electron chi connectivity index (χ4n) is 2.41. The third-order valence-electron chi connectivity index (χ3n) is 3.67. The Bertz CT molecular complexity index is 616. The van der Waals surface area contributed by atoms with Crippen LogP contribution >= 0.6 is 11.6 Å². The van der Waals surface area contributed by atoms with E-state index in [0.717, 1.165) is 18.9 Å². The van der Waals surface area contributed by atoms with Gasteiger partial charge in [0.1, 0.15) is 11.2 Å². The molecule has 1 heterocycles. The predicted octanol–water partition coefficient (Wildman–Crippen LogP) is 2.98. The van der Waals surface area contributed by atoms with Crippen LogP contribution < -0.4 is 10.6 Å². The average molecular weight is 327 g/mol. The van der Waals surface area contributed by atoms with Crippen LogP contribution in [0.25, 0.3) is 0 Å². The van der Waals surface area contributed by atoms with Gasteiger partial charge < -0.3 is 15.7 Å². The van der Waals surface area contributed by atoms with Crippen molar-refractivity contribution in [1.82, 2.24) is 10.3 Å². The lowest BCUT2D eigenvalue weighted by Gasteiger charge is -2.27. The molecule has 2 rings (SSSR count). The van der Waals surface area contributed by atoms with Gasteiger partial charge in [-0.15, -0.1) is 0 Å². The molecular weight excluding hydrogens is 311 g/mol. The van der Waals surface area contributed by atoms with Crippen LogP contribution in [-0.4, -0.2) is 28.3 Å². The van der Waals surface area contributed by atoms with Crippen molar-refractivity contribution in [3.05, 3.63) is 22.6 Å². The lowest BCUT2D eigenvalue weighted by molar-refractivity contribution is 0.187. The summed E-state index contributed by atoms with van der Waals surface area (Å²) in [6.45, 7) is 1.85. The summed E-state index contributed by atoms with van der Waals surface area (Å²) in [5.74, 6) is -0.490. The number of nitriles is 1. The molecule has 1 saturated carbocycles. The molecule has 22 heavy (non-hydrogen) atoms. The molecule has 6 nitrogen and oxygen atoms in total. The SMILES string of the molecule is CC[C@H](NC(=O)O)[C@@H](Nc1nc(Cl)c(C#N)cc1F)C1CC1. The van der Waals surface area contributed by atoms with Gasteiger partial charge in [0.15, 0.2) is 11.6 Å². The van der Waals surface area contributed by atoms with E-state index in [-0.39, 0.29) is 34.5 Å². The summed E-state index contributed by atoms with van der Waals surface area (Å²) in [5.41, 5.74) is -0.0385. The van der Waals surface area contributed by atoms with Crippen molar-refractivity contribution in [3.63, 3.8) is 0 Å². The second kappa shape index (κ2) is 6.79. The molecule has 8 heteroatoms. The number of carboxylic acid groups (broad SMARTS) is 1. The zero-order valence-electron chi connectivity index (χ0n) is 11.9. The minimum Gasteiger partial charge on any atom is -0.465 e. The summed E-state index contributed by atoms with van der Waals surface area (Å²) in [4.78, 5) is 14.8. The maximum Gasteiger partial charge on any atom is 0.404 e. The quantitative estimate of drug-likeness (QED) is 0.698. The largest absolute Gasteiger partial charge is 0.465 e. The molecule has 1 aliphatic rings. The number of pyridine rings is 1. The fraction of sp³-hybridized carbons (Fsp3) is 0.500. The van der Waals surface area contributed by atoms with Gasteiger partial charge >= 0.3 is 6.09 Å². The van der Waals surface area contributed by atoms with Crippen LogP contribution in [0.3, 0.4) is 0 Å². The Morgan fingerprint density at radius 1 is 1.68 bits per heavy atom. The normalized spacial score (nSPS) is 16.5. The minimum absolute atomic E-state index is 0.0385. The van der Waals surface area contributed by atoms with Gasteiger partial charge in [-0.3, -0.25) is 0 Å². The van der Waals surface area contributed by atoms with Gasteiger partial charge in [0.25, 0.3) is 0 Å². The number of nitrogens with one attached hydrogen (secondary N) is 2. The molecular formula is C14H16ClFN4O2. The highest BCUT2D eigenvalue weighted by atomic mass is 35.5. The predicted molar refractivity (Wildman–Crippen MR) is 79.3 cm³/mol. The molecule has 0 unspecified atom stereocenters. The van der Waals surface area contributed by atoms with E-state index >= 15 is 0 Å². The van der Waals surface area contributed by atoms with E-state index in [0.29, 0.717) is 6.42 Å². The molecule has 3 N–H and O–H groups in total. The summed E-state index contributed by atoms with van der Waals surface area (Å²) in [6, 6.07) is 2.15. The maximum absolute atomic E-state index is 14.0. The number of anilines is 1. The fourth-order valence-corrected chi connectivity index (χ4v) is 2.59. The summed E-state index contributed by atoms with van der Waals surface area (Å²) >= 11 is 5.83. The van der Waals surface area contributed by atoms with Gasteiger partial charge in [0.05, 0.1) is 17.6 Å². The van der Waals surface area contributed by atoms with Gasteiger partial charge in [-0.1, -0.05) is 18.5 Å². The third-order valence-corrected chi connectivity index (χ3v) is 3.95. The van der Waals surface area contributed by atoms with Crippen molar-refractivity contribution < 1.29 is 14.3 Å². The lowest BCUT2D eigenvalue weighted by atomic mass is 10.0. The molecule has 0 spiro atoms. The van der Waals surface area contributed by atoms with Crippen LogP contribution in [-0.2, 0) is 0 Å². The molecule has 1 fully saturated rings. The Labute approximate surface area is 132 Å². The van der Waals surface area contributed by atoms with Crippen molar-refractivity contribution in [2.45, 2.75) is 38.3 Å². The van der Waals surface area contributed by atoms with Crippen molar-refractivity contribution in [3.8, 4) is 6.07 Å². The highest BCUT2D eigenvalue weighted by Gasteiger charge is 2.37. The van der Waals surface area contributed by atoms with Crippen LogP contribution in [0.5, 0.6) is 0 Å². The Morgan fingerprint density at radius 2 is 2.36 bits per heavy atom. The molecule has 1 aromatic heterocycles. The van der Waals surface area contributed by atoms with E-state index in [1.54, 1.807) is 6.07 Å². The first-order valence-corrected chi connectivity index (χ1v) is 7.36. The first-order chi connectivity index (χ1) is 10.5. The summed E-state index contributed by atoms with van der Waals surface area (Å²) in [7, 11) is 0. The highest BCUT2D eigenvalue weighted by molar-refractivity contribution is 6.30. The van der Waals surface area contributed by atoms with Gasteiger partial charge in [0, 0.05) is 0 Å². The van der Waals surface area contributed by atoms with Crippen molar-refractivity contribution in [1.29, 1.82) is 5.26 Å². The number of rotatable bonds is 6. The molecule has 0 radical (unpaired) electrons. The smallest absolute Gasteiger partial charge is 0.404 e. The number of hydrogen-bond acceptors (Lipinski definition) is 4. The Morgan fingerprint density at radius 3 is 2.86 bits per heavy atom. The van der Waals surface area contributed by atoms with E-state index in [9.17, 15) is 9.18 Å². The summed E-state index contributed by atoms with van der Waals surface area (Å²) < 4.78 is 14.0. The van der Waals surface area contributed by atoms with Crippen LogP contribution in [0.1, 0.15) is 31.7 Å². The second-order valence-electron chi connectivity index (χ2n) is 5.24. The molecule has 2 atom stereocenters. The van der Waals surface area contributed by atoms with E-state index in [2.05, 4.69) is 15.6 Å². The standard InChI is InChI=1S/C14H16ClFN4O2/c1-2-10(18-14(21)22)11(7-3-4-7)19-13-9(16)5-8(6-17)12(15)20-13/h5,7,10-11,18H,2-4H2,1H3,(H,19,20)(H,21,22)/t10-,11-/m0/s1. The van der Waals surface area contributed by atoms with Gasteiger partial charge in [-0.25, -0.2) is 14.2 Å². The van der Waals surface area contributed by atoms with E-state index < -0.39 is 11.9 Å². The molecule has 1 amide bonds. The van der Waals surface area contributed by atoms with Crippen molar-refractivity contribution in [2.75, 3.05) is 5.32 Å². The first kappa shape index (κ1) is 16.3. The number of carbonyl (C=O) groups is 1. The number of amides is 1. The van der Waals surface area contributed by atoms with Crippen LogP contribution in [0.2, 0.25) is 5.15 Å². The average Bonchev–Trinajstić information content (AvgIpc) is 3.29. The van der Waals surface area contributed by atoms with Gasteiger partial charge in [-0.2, -0.15) is 5.26 Å². The van der Waals surface area contributed by atoms with Crippen LogP contribution in [0.4, 0.5) is 15.0 Å². The minimum atomic E-state index is -1.12. The zero-order valence-corrected chi connectivity index (χ0v) is 12.7. The molecule has 1 aromatic rings. The maximum atomic E-state index is 14.0. The van der Waals surface area contributed by atoms with E-state index in [1.807, 2.05) is 6.92 Å². The van der Waals surface area contributed by atoms with Gasteiger partial charge in [-0.05, 0) is 31.2 Å². The van der Waals surface area contributed by atoms with Crippen LogP contribution in [0.15, 0.2) is 6.07 Å². The van der Waals surface area contributed by atoms with Gasteiger partial charge in [0.2, 0.25) is 0 Å². The summed E-state index contributed by atoms with van der Waals surface area (Å²) in [6.07, 6.45) is 1.33. The molecule has 1 aliphatic carbocycles. The zero-order chi connectivity index (χ0) is 16.3. The van der Waals surface area contributed by atoms with Crippen LogP contribution in [0, 0.1) is 23.1 Å². The second-order valence-corrected chi connectivity index (χ2v) is 5.60. The lowest BCUT2D eigenvalue weighted by Crippen LogP contribution is -2.47.